The molecule has 0 amide bonds. The maximum atomic E-state index is 10.9. The standard InChI is InChI=1S/C15H15N3O2/c16-7-9-18-8-6-11-10(2-1-3-14(11)18)12-4-5-13(17-12)15(19)20/h1-6,8,17H,7,9,16H2,(H,19,20). The quantitative estimate of drug-likeness (QED) is 0.679. The molecule has 5 nitrogen and oxygen atoms in total. The number of H-pyrrole nitrogens is 1. The minimum Gasteiger partial charge on any atom is -0.477 e. The molecule has 0 saturated carbocycles. The summed E-state index contributed by atoms with van der Waals surface area (Å²) in [6.45, 7) is 1.34. The summed E-state index contributed by atoms with van der Waals surface area (Å²) in [7, 11) is 0. The summed E-state index contributed by atoms with van der Waals surface area (Å²) in [4.78, 5) is 13.9. The van der Waals surface area contributed by atoms with Crippen LogP contribution in [-0.2, 0) is 6.54 Å². The maximum Gasteiger partial charge on any atom is 0.352 e. The molecular weight excluding hydrogens is 254 g/mol. The zero-order valence-corrected chi connectivity index (χ0v) is 10.8. The molecule has 2 aromatic heterocycles. The molecule has 0 saturated heterocycles. The van der Waals surface area contributed by atoms with Crippen LogP contribution in [0.5, 0.6) is 0 Å². The number of benzene rings is 1. The van der Waals surface area contributed by atoms with Crippen LogP contribution in [0, 0.1) is 0 Å². The number of aromatic carboxylic acids is 1. The summed E-state index contributed by atoms with van der Waals surface area (Å²) in [5, 5.41) is 10.1. The number of nitrogens with two attached hydrogens (primary N) is 1. The van der Waals surface area contributed by atoms with E-state index < -0.39 is 5.97 Å². The second-order valence-corrected chi connectivity index (χ2v) is 4.63. The minimum atomic E-state index is -0.955. The lowest BCUT2D eigenvalue weighted by Crippen LogP contribution is -2.08. The number of hydrogen-bond acceptors (Lipinski definition) is 2. The Morgan fingerprint density at radius 1 is 1.25 bits per heavy atom. The molecule has 0 unspecified atom stereocenters. The van der Waals surface area contributed by atoms with Crippen molar-refractivity contribution >= 4 is 16.9 Å². The number of rotatable bonds is 4. The Balaban J connectivity index is 2.13. The van der Waals surface area contributed by atoms with Gasteiger partial charge in [-0.1, -0.05) is 12.1 Å². The lowest BCUT2D eigenvalue weighted by Gasteiger charge is -2.05. The van der Waals surface area contributed by atoms with Crippen LogP contribution in [0.3, 0.4) is 0 Å². The summed E-state index contributed by atoms with van der Waals surface area (Å²) in [5.41, 5.74) is 8.69. The third-order valence-electron chi connectivity index (χ3n) is 3.39. The van der Waals surface area contributed by atoms with Gasteiger partial charge in [0, 0.05) is 41.4 Å². The van der Waals surface area contributed by atoms with Gasteiger partial charge in [-0.05, 0) is 24.3 Å². The molecule has 0 spiro atoms. The van der Waals surface area contributed by atoms with Gasteiger partial charge in [0.15, 0.2) is 0 Å². The summed E-state index contributed by atoms with van der Waals surface area (Å²) in [5.74, 6) is -0.955. The predicted octanol–water partition coefficient (Wildman–Crippen LogP) is 2.29. The van der Waals surface area contributed by atoms with Gasteiger partial charge in [-0.3, -0.25) is 0 Å². The molecule has 0 fully saturated rings. The van der Waals surface area contributed by atoms with E-state index in [9.17, 15) is 4.79 Å². The molecule has 20 heavy (non-hydrogen) atoms. The van der Waals surface area contributed by atoms with Crippen LogP contribution in [0.1, 0.15) is 10.5 Å². The normalized spacial score (nSPS) is 11.1. The van der Waals surface area contributed by atoms with Crippen LogP contribution in [-0.4, -0.2) is 27.2 Å². The van der Waals surface area contributed by atoms with E-state index in [1.807, 2.05) is 30.5 Å². The van der Waals surface area contributed by atoms with Crippen molar-refractivity contribution in [2.24, 2.45) is 5.73 Å². The van der Waals surface area contributed by atoms with E-state index in [4.69, 9.17) is 10.8 Å². The van der Waals surface area contributed by atoms with E-state index >= 15 is 0 Å². The van der Waals surface area contributed by atoms with Gasteiger partial charge >= 0.3 is 5.97 Å². The molecule has 0 aliphatic heterocycles. The van der Waals surface area contributed by atoms with Crippen LogP contribution < -0.4 is 5.73 Å². The average Bonchev–Trinajstić information content (AvgIpc) is 3.06. The molecular formula is C15H15N3O2. The highest BCUT2D eigenvalue weighted by Gasteiger charge is 2.11. The van der Waals surface area contributed by atoms with Crippen molar-refractivity contribution in [3.63, 3.8) is 0 Å². The van der Waals surface area contributed by atoms with Gasteiger partial charge in [-0.25, -0.2) is 4.79 Å². The molecule has 3 aromatic rings. The largest absolute Gasteiger partial charge is 0.477 e. The van der Waals surface area contributed by atoms with Gasteiger partial charge in [0.1, 0.15) is 5.69 Å². The Morgan fingerprint density at radius 3 is 2.80 bits per heavy atom. The summed E-state index contributed by atoms with van der Waals surface area (Å²) in [6, 6.07) is 11.4. The third-order valence-corrected chi connectivity index (χ3v) is 3.39. The maximum absolute atomic E-state index is 10.9. The highest BCUT2D eigenvalue weighted by atomic mass is 16.4. The minimum absolute atomic E-state index is 0.193. The number of nitrogens with zero attached hydrogens (tertiary/aromatic N) is 1. The Morgan fingerprint density at radius 2 is 2.10 bits per heavy atom. The van der Waals surface area contributed by atoms with E-state index in [2.05, 4.69) is 9.55 Å². The topological polar surface area (TPSA) is 84.0 Å². The van der Waals surface area contributed by atoms with Gasteiger partial charge < -0.3 is 20.4 Å². The second kappa shape index (κ2) is 4.86. The first kappa shape index (κ1) is 12.5. The van der Waals surface area contributed by atoms with Crippen molar-refractivity contribution in [1.82, 2.24) is 9.55 Å². The van der Waals surface area contributed by atoms with Crippen LogP contribution in [0.4, 0.5) is 0 Å². The molecule has 2 heterocycles. The van der Waals surface area contributed by atoms with Crippen molar-refractivity contribution in [2.75, 3.05) is 6.54 Å². The van der Waals surface area contributed by atoms with Gasteiger partial charge in [-0.15, -0.1) is 0 Å². The summed E-state index contributed by atoms with van der Waals surface area (Å²) >= 11 is 0. The molecule has 0 aliphatic carbocycles. The van der Waals surface area contributed by atoms with E-state index in [0.717, 1.165) is 28.7 Å². The number of carboxylic acid groups (broad SMARTS) is 1. The van der Waals surface area contributed by atoms with Gasteiger partial charge in [0.05, 0.1) is 0 Å². The monoisotopic (exact) mass is 269 g/mol. The smallest absolute Gasteiger partial charge is 0.352 e. The predicted molar refractivity (Wildman–Crippen MR) is 77.7 cm³/mol. The van der Waals surface area contributed by atoms with E-state index in [-0.39, 0.29) is 5.69 Å². The number of aromatic nitrogens is 2. The number of hydrogen-bond donors (Lipinski definition) is 3. The fourth-order valence-electron chi connectivity index (χ4n) is 2.47. The molecule has 0 aliphatic rings. The van der Waals surface area contributed by atoms with Crippen molar-refractivity contribution in [3.05, 3.63) is 48.3 Å². The fourth-order valence-corrected chi connectivity index (χ4v) is 2.47. The van der Waals surface area contributed by atoms with Crippen LogP contribution in [0.15, 0.2) is 42.6 Å². The molecule has 0 atom stereocenters. The highest BCUT2D eigenvalue weighted by Crippen LogP contribution is 2.28. The van der Waals surface area contributed by atoms with Gasteiger partial charge in [0.2, 0.25) is 0 Å². The number of fused-ring (bicyclic) bond motifs is 1. The zero-order chi connectivity index (χ0) is 14.1. The first-order valence-electron chi connectivity index (χ1n) is 6.41. The highest BCUT2D eigenvalue weighted by molar-refractivity contribution is 5.96. The van der Waals surface area contributed by atoms with Crippen molar-refractivity contribution in [2.45, 2.75) is 6.54 Å². The zero-order valence-electron chi connectivity index (χ0n) is 10.8. The number of carboxylic acids is 1. The van der Waals surface area contributed by atoms with Crippen molar-refractivity contribution in [3.8, 4) is 11.3 Å². The third kappa shape index (κ3) is 1.98. The van der Waals surface area contributed by atoms with Gasteiger partial charge in [-0.2, -0.15) is 0 Å². The van der Waals surface area contributed by atoms with Gasteiger partial charge in [0.25, 0.3) is 0 Å². The van der Waals surface area contributed by atoms with E-state index in [1.54, 1.807) is 12.1 Å². The Bertz CT molecular complexity index is 770. The lowest BCUT2D eigenvalue weighted by atomic mass is 10.1. The van der Waals surface area contributed by atoms with Crippen LogP contribution in [0.2, 0.25) is 0 Å². The van der Waals surface area contributed by atoms with E-state index in [0.29, 0.717) is 6.54 Å². The fraction of sp³-hybridized carbons (Fsp3) is 0.133. The number of aromatic amines is 1. The van der Waals surface area contributed by atoms with Crippen molar-refractivity contribution < 1.29 is 9.90 Å². The first-order valence-corrected chi connectivity index (χ1v) is 6.41. The Kier molecular flexibility index (Phi) is 3.04. The molecule has 4 N–H and O–H groups in total. The summed E-state index contributed by atoms with van der Waals surface area (Å²) in [6.07, 6.45) is 2.00. The first-order chi connectivity index (χ1) is 9.70. The van der Waals surface area contributed by atoms with Crippen LogP contribution in [0.25, 0.3) is 22.2 Å². The average molecular weight is 269 g/mol. The molecule has 1 aromatic carbocycles. The van der Waals surface area contributed by atoms with Crippen LogP contribution >= 0.6 is 0 Å². The SMILES string of the molecule is NCCn1ccc2c(-c3ccc(C(=O)O)[nH]3)cccc21. The molecule has 0 radical (unpaired) electrons. The number of nitrogens with one attached hydrogen (secondary N) is 1. The summed E-state index contributed by atoms with van der Waals surface area (Å²) < 4.78 is 2.10. The Labute approximate surface area is 115 Å². The molecule has 0 bridgehead atoms. The van der Waals surface area contributed by atoms with Crippen molar-refractivity contribution in [1.29, 1.82) is 0 Å². The van der Waals surface area contributed by atoms with E-state index in [1.165, 1.54) is 0 Å². The lowest BCUT2D eigenvalue weighted by molar-refractivity contribution is 0.0691. The second-order valence-electron chi connectivity index (χ2n) is 4.63. The molecule has 102 valence electrons. The number of carbonyl (C=O) groups is 1. The molecule has 5 heteroatoms. The Hall–Kier alpha value is -2.53. The molecule has 3 rings (SSSR count).